The van der Waals surface area contributed by atoms with E-state index in [1.807, 2.05) is 24.3 Å². The van der Waals surface area contributed by atoms with Gasteiger partial charge < -0.3 is 19.6 Å². The number of likely N-dealkylation sites (N-methyl/N-ethyl adjacent to an activating group) is 1. The molecular weight excluding hydrogens is 398 g/mol. The summed E-state index contributed by atoms with van der Waals surface area (Å²) in [6.07, 6.45) is 5.41. The average molecular weight is 428 g/mol. The van der Waals surface area contributed by atoms with Gasteiger partial charge in [0.2, 0.25) is 0 Å². The number of carbonyl (C=O) groups is 1. The van der Waals surface area contributed by atoms with Crippen molar-refractivity contribution in [3.05, 3.63) is 41.0 Å². The Bertz CT molecular complexity index is 977. The van der Waals surface area contributed by atoms with E-state index in [4.69, 9.17) is 4.52 Å². The normalized spacial score (nSPS) is 16.1. The largest absolute Gasteiger partial charge is 0.356 e. The van der Waals surface area contributed by atoms with Crippen molar-refractivity contribution >= 4 is 33.3 Å². The summed E-state index contributed by atoms with van der Waals surface area (Å²) >= 11 is 1.48. The summed E-state index contributed by atoms with van der Waals surface area (Å²) in [6.45, 7) is 6.10. The fourth-order valence-electron chi connectivity index (χ4n) is 3.76. The van der Waals surface area contributed by atoms with Gasteiger partial charge in [-0.15, -0.1) is 0 Å². The van der Waals surface area contributed by atoms with E-state index in [1.165, 1.54) is 11.3 Å². The standard InChI is InChI=1S/C22H29N5O2S/c1-3-4-7-16(14-18-17-8-5-6-9-19(17)29-25-18)24-21(28)20-15-23-22(30-20)27-12-10-26(2)11-13-27/h5-6,8-9,15-16H,3-4,7,10-14H2,1-2H3,(H,24,28). The van der Waals surface area contributed by atoms with Crippen molar-refractivity contribution in [1.82, 2.24) is 20.4 Å². The fourth-order valence-corrected chi connectivity index (χ4v) is 4.64. The molecule has 0 saturated carbocycles. The van der Waals surface area contributed by atoms with Crippen molar-refractivity contribution in [2.24, 2.45) is 0 Å². The van der Waals surface area contributed by atoms with Gasteiger partial charge in [-0.1, -0.05) is 48.4 Å². The molecule has 1 N–H and O–H groups in total. The van der Waals surface area contributed by atoms with E-state index in [-0.39, 0.29) is 11.9 Å². The third kappa shape index (κ3) is 4.82. The Balaban J connectivity index is 1.43. The van der Waals surface area contributed by atoms with Crippen molar-refractivity contribution in [2.45, 2.75) is 38.6 Å². The third-order valence-electron chi connectivity index (χ3n) is 5.62. The third-order valence-corrected chi connectivity index (χ3v) is 6.68. The molecule has 7 nitrogen and oxygen atoms in total. The van der Waals surface area contributed by atoms with E-state index in [9.17, 15) is 4.79 Å². The first-order chi connectivity index (χ1) is 14.6. The van der Waals surface area contributed by atoms with Crippen LogP contribution in [0.25, 0.3) is 11.0 Å². The summed E-state index contributed by atoms with van der Waals surface area (Å²) in [5.41, 5.74) is 1.68. The van der Waals surface area contributed by atoms with Gasteiger partial charge in [0.05, 0.1) is 11.9 Å². The second-order valence-corrected chi connectivity index (χ2v) is 8.95. The first-order valence-corrected chi connectivity index (χ1v) is 11.5. The maximum atomic E-state index is 12.9. The highest BCUT2D eigenvalue weighted by Gasteiger charge is 2.22. The van der Waals surface area contributed by atoms with Gasteiger partial charge in [0.15, 0.2) is 10.7 Å². The molecule has 0 radical (unpaired) electrons. The van der Waals surface area contributed by atoms with Crippen LogP contribution in [0, 0.1) is 0 Å². The smallest absolute Gasteiger partial charge is 0.263 e. The lowest BCUT2D eigenvalue weighted by Gasteiger charge is -2.32. The Morgan fingerprint density at radius 2 is 2.07 bits per heavy atom. The van der Waals surface area contributed by atoms with Crippen molar-refractivity contribution < 1.29 is 9.32 Å². The van der Waals surface area contributed by atoms with E-state index in [0.29, 0.717) is 11.3 Å². The summed E-state index contributed by atoms with van der Waals surface area (Å²) in [6, 6.07) is 7.88. The zero-order valence-electron chi connectivity index (χ0n) is 17.6. The molecule has 160 valence electrons. The molecule has 4 rings (SSSR count). The summed E-state index contributed by atoms with van der Waals surface area (Å²) in [7, 11) is 2.13. The van der Waals surface area contributed by atoms with E-state index in [1.54, 1.807) is 6.20 Å². The Morgan fingerprint density at radius 3 is 2.87 bits per heavy atom. The number of piperazine rings is 1. The number of nitrogens with one attached hydrogen (secondary N) is 1. The zero-order chi connectivity index (χ0) is 20.9. The summed E-state index contributed by atoms with van der Waals surface area (Å²) in [4.78, 5) is 22.7. The maximum Gasteiger partial charge on any atom is 0.263 e. The van der Waals surface area contributed by atoms with Gasteiger partial charge in [0, 0.05) is 44.0 Å². The number of para-hydroxylation sites is 1. The van der Waals surface area contributed by atoms with E-state index < -0.39 is 0 Å². The molecule has 3 heterocycles. The molecule has 1 aliphatic rings. The lowest BCUT2D eigenvalue weighted by atomic mass is 10.0. The first kappa shape index (κ1) is 20.8. The van der Waals surface area contributed by atoms with Crippen LogP contribution >= 0.6 is 11.3 Å². The number of anilines is 1. The van der Waals surface area contributed by atoms with Crippen molar-refractivity contribution in [3.8, 4) is 0 Å². The Hall–Kier alpha value is -2.45. The number of hydrogen-bond donors (Lipinski definition) is 1. The van der Waals surface area contributed by atoms with Gasteiger partial charge in [0.25, 0.3) is 5.91 Å². The predicted octanol–water partition coefficient (Wildman–Crippen LogP) is 3.57. The molecule has 1 saturated heterocycles. The molecule has 1 atom stereocenters. The van der Waals surface area contributed by atoms with Gasteiger partial charge in [-0.25, -0.2) is 4.98 Å². The second-order valence-electron chi connectivity index (χ2n) is 7.94. The lowest BCUT2D eigenvalue weighted by molar-refractivity contribution is 0.0938. The molecule has 3 aromatic rings. The molecule has 30 heavy (non-hydrogen) atoms. The number of amides is 1. The van der Waals surface area contributed by atoms with Crippen LogP contribution < -0.4 is 10.2 Å². The SMILES string of the molecule is CCCCC(Cc1noc2ccccc12)NC(=O)c1cnc(N2CCN(C)CC2)s1. The van der Waals surface area contributed by atoms with Crippen LogP contribution in [0.15, 0.2) is 35.0 Å². The van der Waals surface area contributed by atoms with Crippen LogP contribution in [0.1, 0.15) is 41.6 Å². The van der Waals surface area contributed by atoms with Crippen molar-refractivity contribution in [2.75, 3.05) is 38.1 Å². The van der Waals surface area contributed by atoms with Crippen LogP contribution in [-0.2, 0) is 6.42 Å². The van der Waals surface area contributed by atoms with Crippen LogP contribution in [0.3, 0.4) is 0 Å². The average Bonchev–Trinajstić information content (AvgIpc) is 3.40. The quantitative estimate of drug-likeness (QED) is 0.592. The molecule has 0 aliphatic carbocycles. The minimum Gasteiger partial charge on any atom is -0.356 e. The van der Waals surface area contributed by atoms with E-state index in [0.717, 1.165) is 67.2 Å². The zero-order valence-corrected chi connectivity index (χ0v) is 18.5. The van der Waals surface area contributed by atoms with Gasteiger partial charge in [0.1, 0.15) is 4.88 Å². The Kier molecular flexibility index (Phi) is 6.64. The number of carbonyl (C=O) groups excluding carboxylic acids is 1. The van der Waals surface area contributed by atoms with Gasteiger partial charge in [-0.05, 0) is 25.6 Å². The number of benzene rings is 1. The number of nitrogens with zero attached hydrogens (tertiary/aromatic N) is 4. The summed E-state index contributed by atoms with van der Waals surface area (Å²) < 4.78 is 5.44. The van der Waals surface area contributed by atoms with Gasteiger partial charge in [-0.3, -0.25) is 4.79 Å². The monoisotopic (exact) mass is 427 g/mol. The van der Waals surface area contributed by atoms with Gasteiger partial charge in [-0.2, -0.15) is 0 Å². The van der Waals surface area contributed by atoms with Crippen LogP contribution in [-0.4, -0.2) is 60.2 Å². The Morgan fingerprint density at radius 1 is 1.27 bits per heavy atom. The van der Waals surface area contributed by atoms with E-state index in [2.05, 4.69) is 39.2 Å². The predicted molar refractivity (Wildman–Crippen MR) is 120 cm³/mol. The molecule has 0 spiro atoms. The molecule has 1 aromatic carbocycles. The van der Waals surface area contributed by atoms with Crippen LogP contribution in [0.5, 0.6) is 0 Å². The summed E-state index contributed by atoms with van der Waals surface area (Å²) in [5, 5.41) is 9.41. The number of aromatic nitrogens is 2. The molecule has 1 aliphatic heterocycles. The number of hydrogen-bond acceptors (Lipinski definition) is 7. The van der Waals surface area contributed by atoms with Crippen LogP contribution in [0.2, 0.25) is 0 Å². The van der Waals surface area contributed by atoms with Crippen LogP contribution in [0.4, 0.5) is 5.13 Å². The van der Waals surface area contributed by atoms with Crippen molar-refractivity contribution in [1.29, 1.82) is 0 Å². The minimum atomic E-state index is -0.0539. The Labute approximate surface area is 181 Å². The highest BCUT2D eigenvalue weighted by Crippen LogP contribution is 2.24. The number of rotatable bonds is 8. The lowest BCUT2D eigenvalue weighted by Crippen LogP contribution is -2.44. The molecule has 1 amide bonds. The minimum absolute atomic E-state index is 0.0140. The topological polar surface area (TPSA) is 74.5 Å². The highest BCUT2D eigenvalue weighted by molar-refractivity contribution is 7.17. The van der Waals surface area contributed by atoms with Crippen molar-refractivity contribution in [3.63, 3.8) is 0 Å². The van der Waals surface area contributed by atoms with E-state index >= 15 is 0 Å². The fraction of sp³-hybridized carbons (Fsp3) is 0.500. The molecule has 0 bridgehead atoms. The molecular formula is C22H29N5O2S. The first-order valence-electron chi connectivity index (χ1n) is 10.7. The molecule has 1 fully saturated rings. The summed E-state index contributed by atoms with van der Waals surface area (Å²) in [5.74, 6) is -0.0539. The van der Waals surface area contributed by atoms with Gasteiger partial charge >= 0.3 is 0 Å². The highest BCUT2D eigenvalue weighted by atomic mass is 32.1. The molecule has 1 unspecified atom stereocenters. The molecule has 8 heteroatoms. The second kappa shape index (κ2) is 9.57. The number of unbranched alkanes of at least 4 members (excludes halogenated alkanes) is 1. The molecule has 2 aromatic heterocycles. The number of thiazole rings is 1. The number of fused-ring (bicyclic) bond motifs is 1. The maximum absolute atomic E-state index is 12.9.